The summed E-state index contributed by atoms with van der Waals surface area (Å²) in [5.41, 5.74) is 2.29. The third kappa shape index (κ3) is 2.96. The molecular weight excluding hydrogens is 352 g/mol. The maximum absolute atomic E-state index is 13.1. The molecule has 0 spiro atoms. The highest BCUT2D eigenvalue weighted by Gasteiger charge is 2.54. The molecule has 3 aliphatic rings. The van der Waals surface area contributed by atoms with Crippen LogP contribution in [0.25, 0.3) is 0 Å². The largest absolute Gasteiger partial charge is 0.481 e. The summed E-state index contributed by atoms with van der Waals surface area (Å²) in [5.74, 6) is -1.06. The topological polar surface area (TPSA) is 60.9 Å². The third-order valence-corrected chi connectivity index (χ3v) is 6.82. The van der Waals surface area contributed by atoms with Crippen LogP contribution in [0.2, 0.25) is 5.02 Å². The van der Waals surface area contributed by atoms with Gasteiger partial charge in [0.2, 0.25) is 5.91 Å². The molecule has 2 saturated carbocycles. The lowest BCUT2D eigenvalue weighted by atomic mass is 9.78. The molecule has 2 bridgehead atoms. The van der Waals surface area contributed by atoms with Gasteiger partial charge in [0.25, 0.3) is 0 Å². The van der Waals surface area contributed by atoms with E-state index in [1.165, 1.54) is 5.56 Å². The second-order valence-electron chi connectivity index (χ2n) is 7.97. The highest BCUT2D eigenvalue weighted by molar-refractivity contribution is 6.30. The number of aryl methyl sites for hydroxylation is 1. The Morgan fingerprint density at radius 3 is 2.38 bits per heavy atom. The lowest BCUT2D eigenvalue weighted by Gasteiger charge is -2.39. The van der Waals surface area contributed by atoms with E-state index in [-0.39, 0.29) is 23.7 Å². The molecular formula is C20H25ClN2O3. The van der Waals surface area contributed by atoms with E-state index in [4.69, 9.17) is 11.6 Å². The van der Waals surface area contributed by atoms with Gasteiger partial charge in [0.15, 0.2) is 0 Å². The Kier molecular flexibility index (Phi) is 4.59. The molecule has 1 amide bonds. The number of benzene rings is 1. The zero-order valence-electron chi connectivity index (χ0n) is 15.0. The van der Waals surface area contributed by atoms with Gasteiger partial charge in [-0.2, -0.15) is 0 Å². The van der Waals surface area contributed by atoms with Crippen molar-refractivity contribution in [1.29, 1.82) is 0 Å². The molecule has 0 unspecified atom stereocenters. The van der Waals surface area contributed by atoms with E-state index in [9.17, 15) is 14.7 Å². The Balaban J connectivity index is 1.44. The number of piperazine rings is 1. The maximum Gasteiger partial charge on any atom is 0.307 e. The Morgan fingerprint density at radius 2 is 1.73 bits per heavy atom. The fraction of sp³-hybridized carbons (Fsp3) is 0.600. The fourth-order valence-electron chi connectivity index (χ4n) is 5.30. The predicted octanol–water partition coefficient (Wildman–Crippen LogP) is 3.04. The summed E-state index contributed by atoms with van der Waals surface area (Å²) in [6.45, 7) is 4.86. The van der Waals surface area contributed by atoms with Crippen LogP contribution in [0.15, 0.2) is 18.2 Å². The van der Waals surface area contributed by atoms with Crippen LogP contribution in [0.4, 0.5) is 5.69 Å². The fourth-order valence-corrected chi connectivity index (χ4v) is 5.47. The normalized spacial score (nSPS) is 30.7. The van der Waals surface area contributed by atoms with Crippen LogP contribution in [-0.2, 0) is 9.59 Å². The number of hydrogen-bond acceptors (Lipinski definition) is 3. The number of halogens is 1. The van der Waals surface area contributed by atoms with E-state index in [1.807, 2.05) is 23.1 Å². The van der Waals surface area contributed by atoms with E-state index in [2.05, 4.69) is 11.8 Å². The van der Waals surface area contributed by atoms with Gasteiger partial charge in [-0.05, 0) is 55.7 Å². The van der Waals surface area contributed by atoms with Crippen LogP contribution in [0.1, 0.15) is 24.8 Å². The summed E-state index contributed by atoms with van der Waals surface area (Å²) >= 11 is 6.14. The van der Waals surface area contributed by atoms with Crippen LogP contribution in [0, 0.1) is 30.6 Å². The molecule has 3 fully saturated rings. The number of anilines is 1. The summed E-state index contributed by atoms with van der Waals surface area (Å²) in [6, 6.07) is 5.88. The van der Waals surface area contributed by atoms with Gasteiger partial charge in [0, 0.05) is 36.9 Å². The molecule has 140 valence electrons. The molecule has 1 N–H and O–H groups in total. The number of carboxylic acid groups (broad SMARTS) is 1. The smallest absolute Gasteiger partial charge is 0.307 e. The Labute approximate surface area is 158 Å². The average Bonchev–Trinajstić information content (AvgIpc) is 3.24. The molecule has 1 saturated heterocycles. The first-order chi connectivity index (χ1) is 12.5. The maximum atomic E-state index is 13.1. The molecule has 4 atom stereocenters. The van der Waals surface area contributed by atoms with Crippen LogP contribution < -0.4 is 4.90 Å². The highest BCUT2D eigenvalue weighted by atomic mass is 35.5. The summed E-state index contributed by atoms with van der Waals surface area (Å²) in [5, 5.41) is 10.3. The number of aliphatic carboxylic acids is 1. The van der Waals surface area contributed by atoms with Crippen molar-refractivity contribution in [2.24, 2.45) is 23.7 Å². The lowest BCUT2D eigenvalue weighted by molar-refractivity contribution is -0.153. The Hall–Kier alpha value is -1.75. The lowest BCUT2D eigenvalue weighted by Crippen LogP contribution is -2.52. The first kappa shape index (κ1) is 17.7. The van der Waals surface area contributed by atoms with E-state index in [0.29, 0.717) is 13.1 Å². The molecule has 1 heterocycles. The van der Waals surface area contributed by atoms with Gasteiger partial charge in [-0.1, -0.05) is 17.7 Å². The third-order valence-electron chi connectivity index (χ3n) is 6.59. The number of rotatable bonds is 3. The summed E-state index contributed by atoms with van der Waals surface area (Å²) in [6.07, 6.45) is 2.88. The van der Waals surface area contributed by atoms with Crippen molar-refractivity contribution in [2.45, 2.75) is 26.2 Å². The van der Waals surface area contributed by atoms with Gasteiger partial charge in [-0.15, -0.1) is 0 Å². The average molecular weight is 377 g/mol. The zero-order chi connectivity index (χ0) is 18.4. The second kappa shape index (κ2) is 6.76. The summed E-state index contributed by atoms with van der Waals surface area (Å²) < 4.78 is 0. The number of nitrogens with zero attached hydrogens (tertiary/aromatic N) is 2. The van der Waals surface area contributed by atoms with Crippen LogP contribution in [0.5, 0.6) is 0 Å². The summed E-state index contributed by atoms with van der Waals surface area (Å²) in [4.78, 5) is 28.9. The van der Waals surface area contributed by atoms with Gasteiger partial charge >= 0.3 is 5.97 Å². The molecule has 4 rings (SSSR count). The number of hydrogen-bond donors (Lipinski definition) is 1. The van der Waals surface area contributed by atoms with Crippen molar-refractivity contribution in [2.75, 3.05) is 31.1 Å². The number of carbonyl (C=O) groups is 2. The van der Waals surface area contributed by atoms with Crippen molar-refractivity contribution in [3.63, 3.8) is 0 Å². The quantitative estimate of drug-likeness (QED) is 0.880. The molecule has 6 heteroatoms. The van der Waals surface area contributed by atoms with E-state index >= 15 is 0 Å². The van der Waals surface area contributed by atoms with Crippen molar-refractivity contribution in [3.8, 4) is 0 Å². The zero-order valence-corrected chi connectivity index (χ0v) is 15.8. The van der Waals surface area contributed by atoms with Crippen LogP contribution in [-0.4, -0.2) is 48.1 Å². The monoisotopic (exact) mass is 376 g/mol. The van der Waals surface area contributed by atoms with Gasteiger partial charge < -0.3 is 14.9 Å². The second-order valence-corrected chi connectivity index (χ2v) is 8.40. The summed E-state index contributed by atoms with van der Waals surface area (Å²) in [7, 11) is 0. The van der Waals surface area contributed by atoms with Gasteiger partial charge in [0.1, 0.15) is 0 Å². The minimum absolute atomic E-state index is 0.0621. The highest BCUT2D eigenvalue weighted by Crippen LogP contribution is 2.53. The molecule has 1 aromatic rings. The molecule has 26 heavy (non-hydrogen) atoms. The van der Waals surface area contributed by atoms with Crippen molar-refractivity contribution >= 4 is 29.2 Å². The number of fused-ring (bicyclic) bond motifs is 2. The number of carbonyl (C=O) groups excluding carboxylic acids is 1. The SMILES string of the molecule is Cc1ccc(Cl)cc1N1CCN(C(=O)[C@@H]2[C@H]3CC[C@@H](C3)[C@H]2C(=O)O)CC1. The first-order valence-corrected chi connectivity index (χ1v) is 9.86. The molecule has 0 radical (unpaired) electrons. The Bertz CT molecular complexity index is 730. The van der Waals surface area contributed by atoms with Crippen LogP contribution in [0.3, 0.4) is 0 Å². The van der Waals surface area contributed by atoms with Gasteiger partial charge in [-0.25, -0.2) is 0 Å². The first-order valence-electron chi connectivity index (χ1n) is 9.48. The standard InChI is InChI=1S/C20H25ClN2O3/c1-12-2-5-15(21)11-16(12)22-6-8-23(9-7-22)19(24)17-13-3-4-14(10-13)18(17)20(25)26/h2,5,11,13-14,17-18H,3-4,6-10H2,1H3,(H,25,26)/t13-,14-,17+,18+/m0/s1. The molecule has 1 aliphatic heterocycles. The van der Waals surface area contributed by atoms with Gasteiger partial charge in [-0.3, -0.25) is 9.59 Å². The minimum Gasteiger partial charge on any atom is -0.481 e. The van der Waals surface area contributed by atoms with Crippen LogP contribution >= 0.6 is 11.6 Å². The van der Waals surface area contributed by atoms with Crippen molar-refractivity contribution < 1.29 is 14.7 Å². The molecule has 1 aromatic carbocycles. The Morgan fingerprint density at radius 1 is 1.08 bits per heavy atom. The van der Waals surface area contributed by atoms with Gasteiger partial charge in [0.05, 0.1) is 11.8 Å². The van der Waals surface area contributed by atoms with Crippen molar-refractivity contribution in [3.05, 3.63) is 28.8 Å². The van der Waals surface area contributed by atoms with E-state index < -0.39 is 11.9 Å². The van der Waals surface area contributed by atoms with Crippen molar-refractivity contribution in [1.82, 2.24) is 4.90 Å². The van der Waals surface area contributed by atoms with E-state index in [0.717, 1.165) is 43.1 Å². The number of carboxylic acids is 1. The molecule has 5 nitrogen and oxygen atoms in total. The minimum atomic E-state index is -0.788. The number of amides is 1. The van der Waals surface area contributed by atoms with E-state index in [1.54, 1.807) is 0 Å². The molecule has 2 aliphatic carbocycles. The predicted molar refractivity (Wildman–Crippen MR) is 100 cm³/mol. The molecule has 0 aromatic heterocycles.